The number of nitrogens with zero attached hydrogens (tertiary/aromatic N) is 2. The molecule has 1 aromatic rings. The summed E-state index contributed by atoms with van der Waals surface area (Å²) in [7, 11) is 0. The van der Waals surface area contributed by atoms with E-state index in [-0.39, 0.29) is 0 Å². The van der Waals surface area contributed by atoms with Crippen LogP contribution >= 0.6 is 0 Å². The summed E-state index contributed by atoms with van der Waals surface area (Å²) < 4.78 is 0. The summed E-state index contributed by atoms with van der Waals surface area (Å²) in [5.41, 5.74) is 2.07. The van der Waals surface area contributed by atoms with Crippen LogP contribution in [0.15, 0.2) is 30.3 Å². The van der Waals surface area contributed by atoms with Gasteiger partial charge in [-0.1, -0.05) is 37.3 Å². The van der Waals surface area contributed by atoms with Gasteiger partial charge in [-0.3, -0.25) is 4.90 Å². The fourth-order valence-electron chi connectivity index (χ4n) is 3.64. The molecule has 2 aliphatic heterocycles. The lowest BCUT2D eigenvalue weighted by Gasteiger charge is -2.24. The van der Waals surface area contributed by atoms with E-state index in [4.69, 9.17) is 0 Å². The standard InChI is InChI=1S/C16H24N2/c1-2-17-10-8-16(13-17)9-11-18(14-16)12-15-6-4-3-5-7-15/h3-7H,2,8-14H2,1H3. The van der Waals surface area contributed by atoms with Gasteiger partial charge in [-0.15, -0.1) is 0 Å². The third kappa shape index (κ3) is 2.45. The van der Waals surface area contributed by atoms with Crippen molar-refractivity contribution in [3.05, 3.63) is 35.9 Å². The van der Waals surface area contributed by atoms with Crippen molar-refractivity contribution in [2.24, 2.45) is 5.41 Å². The molecule has 1 unspecified atom stereocenters. The third-order valence-electron chi connectivity index (χ3n) is 4.73. The molecular formula is C16H24N2. The molecule has 2 heterocycles. The van der Waals surface area contributed by atoms with E-state index in [9.17, 15) is 0 Å². The van der Waals surface area contributed by atoms with Crippen LogP contribution in [0.3, 0.4) is 0 Å². The first kappa shape index (κ1) is 12.2. The Morgan fingerprint density at radius 2 is 1.67 bits per heavy atom. The van der Waals surface area contributed by atoms with Crippen molar-refractivity contribution in [2.75, 3.05) is 32.7 Å². The highest BCUT2D eigenvalue weighted by molar-refractivity contribution is 5.15. The van der Waals surface area contributed by atoms with E-state index in [1.165, 1.54) is 51.1 Å². The number of hydrogen-bond acceptors (Lipinski definition) is 2. The van der Waals surface area contributed by atoms with Crippen LogP contribution in [-0.4, -0.2) is 42.5 Å². The van der Waals surface area contributed by atoms with Crippen molar-refractivity contribution in [1.29, 1.82) is 0 Å². The van der Waals surface area contributed by atoms with Gasteiger partial charge in [-0.25, -0.2) is 0 Å². The molecule has 0 bridgehead atoms. The highest BCUT2D eigenvalue weighted by Gasteiger charge is 2.42. The van der Waals surface area contributed by atoms with E-state index in [2.05, 4.69) is 47.1 Å². The molecule has 0 saturated carbocycles. The van der Waals surface area contributed by atoms with Crippen LogP contribution in [0.5, 0.6) is 0 Å². The predicted molar refractivity (Wildman–Crippen MR) is 75.5 cm³/mol. The van der Waals surface area contributed by atoms with Crippen LogP contribution < -0.4 is 0 Å². The van der Waals surface area contributed by atoms with Gasteiger partial charge in [-0.2, -0.15) is 0 Å². The normalized spacial score (nSPS) is 29.4. The van der Waals surface area contributed by atoms with Crippen molar-refractivity contribution in [1.82, 2.24) is 9.80 Å². The van der Waals surface area contributed by atoms with Gasteiger partial charge in [0.2, 0.25) is 0 Å². The topological polar surface area (TPSA) is 6.48 Å². The van der Waals surface area contributed by atoms with Gasteiger partial charge in [0.15, 0.2) is 0 Å². The molecule has 2 fully saturated rings. The zero-order valence-electron chi connectivity index (χ0n) is 11.4. The van der Waals surface area contributed by atoms with Crippen molar-refractivity contribution in [3.8, 4) is 0 Å². The van der Waals surface area contributed by atoms with Gasteiger partial charge >= 0.3 is 0 Å². The Labute approximate surface area is 111 Å². The molecule has 2 nitrogen and oxygen atoms in total. The molecule has 1 aromatic carbocycles. The van der Waals surface area contributed by atoms with Crippen LogP contribution in [0.25, 0.3) is 0 Å². The van der Waals surface area contributed by atoms with Gasteiger partial charge in [0.25, 0.3) is 0 Å². The molecule has 0 amide bonds. The Bertz CT molecular complexity index is 389. The zero-order chi connectivity index (χ0) is 12.4. The average molecular weight is 244 g/mol. The first-order valence-corrected chi connectivity index (χ1v) is 7.28. The fraction of sp³-hybridized carbons (Fsp3) is 0.625. The van der Waals surface area contributed by atoms with E-state index in [1.807, 2.05) is 0 Å². The second-order valence-electron chi connectivity index (χ2n) is 6.07. The summed E-state index contributed by atoms with van der Waals surface area (Å²) in [4.78, 5) is 5.26. The second kappa shape index (κ2) is 5.02. The van der Waals surface area contributed by atoms with E-state index in [1.54, 1.807) is 0 Å². The monoisotopic (exact) mass is 244 g/mol. The fourth-order valence-corrected chi connectivity index (χ4v) is 3.64. The molecule has 18 heavy (non-hydrogen) atoms. The number of likely N-dealkylation sites (tertiary alicyclic amines) is 2. The first-order chi connectivity index (χ1) is 8.80. The highest BCUT2D eigenvalue weighted by atomic mass is 15.2. The van der Waals surface area contributed by atoms with Gasteiger partial charge in [-0.05, 0) is 43.5 Å². The van der Waals surface area contributed by atoms with Crippen molar-refractivity contribution in [3.63, 3.8) is 0 Å². The largest absolute Gasteiger partial charge is 0.303 e. The molecule has 0 aliphatic carbocycles. The lowest BCUT2D eigenvalue weighted by Crippen LogP contribution is -2.30. The Balaban J connectivity index is 1.59. The van der Waals surface area contributed by atoms with Gasteiger partial charge in [0, 0.05) is 19.6 Å². The van der Waals surface area contributed by atoms with E-state index in [0.717, 1.165) is 6.54 Å². The molecule has 3 rings (SSSR count). The quantitative estimate of drug-likeness (QED) is 0.806. The Hall–Kier alpha value is -0.860. The smallest absolute Gasteiger partial charge is 0.0233 e. The SMILES string of the molecule is CCN1CCC2(CCN(Cc3ccccc3)C2)C1. The van der Waals surface area contributed by atoms with Crippen molar-refractivity contribution >= 4 is 0 Å². The average Bonchev–Trinajstić information content (AvgIpc) is 2.99. The lowest BCUT2D eigenvalue weighted by molar-refractivity contribution is 0.241. The van der Waals surface area contributed by atoms with Crippen LogP contribution in [-0.2, 0) is 6.54 Å². The summed E-state index contributed by atoms with van der Waals surface area (Å²) in [5.74, 6) is 0. The Morgan fingerprint density at radius 1 is 1.00 bits per heavy atom. The summed E-state index contributed by atoms with van der Waals surface area (Å²) in [6, 6.07) is 10.9. The minimum Gasteiger partial charge on any atom is -0.303 e. The minimum atomic E-state index is 0.616. The summed E-state index contributed by atoms with van der Waals surface area (Å²) in [5, 5.41) is 0. The Morgan fingerprint density at radius 3 is 2.33 bits per heavy atom. The maximum atomic E-state index is 2.65. The highest BCUT2D eigenvalue weighted by Crippen LogP contribution is 2.39. The minimum absolute atomic E-state index is 0.616. The second-order valence-corrected chi connectivity index (χ2v) is 6.07. The molecule has 2 saturated heterocycles. The maximum absolute atomic E-state index is 2.65. The maximum Gasteiger partial charge on any atom is 0.0233 e. The van der Waals surface area contributed by atoms with Gasteiger partial charge < -0.3 is 4.90 Å². The molecule has 1 atom stereocenters. The zero-order valence-corrected chi connectivity index (χ0v) is 11.4. The first-order valence-electron chi connectivity index (χ1n) is 7.28. The Kier molecular flexibility index (Phi) is 3.40. The van der Waals surface area contributed by atoms with E-state index < -0.39 is 0 Å². The number of hydrogen-bond donors (Lipinski definition) is 0. The molecular weight excluding hydrogens is 220 g/mol. The molecule has 0 radical (unpaired) electrons. The molecule has 0 aromatic heterocycles. The van der Waals surface area contributed by atoms with Crippen LogP contribution in [0, 0.1) is 5.41 Å². The third-order valence-corrected chi connectivity index (χ3v) is 4.73. The van der Waals surface area contributed by atoms with Gasteiger partial charge in [0.05, 0.1) is 0 Å². The van der Waals surface area contributed by atoms with Crippen LogP contribution in [0.1, 0.15) is 25.3 Å². The summed E-state index contributed by atoms with van der Waals surface area (Å²) in [6.45, 7) is 9.88. The molecule has 2 heteroatoms. The van der Waals surface area contributed by atoms with Gasteiger partial charge in [0.1, 0.15) is 0 Å². The van der Waals surface area contributed by atoms with Crippen LogP contribution in [0.4, 0.5) is 0 Å². The summed E-state index contributed by atoms with van der Waals surface area (Å²) in [6.07, 6.45) is 2.81. The molecule has 2 aliphatic rings. The summed E-state index contributed by atoms with van der Waals surface area (Å²) >= 11 is 0. The predicted octanol–water partition coefficient (Wildman–Crippen LogP) is 2.60. The number of rotatable bonds is 3. The van der Waals surface area contributed by atoms with Crippen molar-refractivity contribution in [2.45, 2.75) is 26.3 Å². The number of benzene rings is 1. The molecule has 98 valence electrons. The lowest BCUT2D eigenvalue weighted by atomic mass is 9.86. The molecule has 1 spiro atoms. The molecule has 0 N–H and O–H groups in total. The van der Waals surface area contributed by atoms with E-state index in [0.29, 0.717) is 5.41 Å². The van der Waals surface area contributed by atoms with Crippen molar-refractivity contribution < 1.29 is 0 Å². The van der Waals surface area contributed by atoms with E-state index >= 15 is 0 Å². The van der Waals surface area contributed by atoms with Crippen LogP contribution in [0.2, 0.25) is 0 Å².